The van der Waals surface area contributed by atoms with Gasteiger partial charge in [-0.25, -0.2) is 0 Å². The summed E-state index contributed by atoms with van der Waals surface area (Å²) in [6.45, 7) is 4.42. The Hall–Kier alpha value is -3.64. The van der Waals surface area contributed by atoms with Crippen LogP contribution < -0.4 is 18.9 Å². The van der Waals surface area contributed by atoms with Gasteiger partial charge in [-0.2, -0.15) is 0 Å². The summed E-state index contributed by atoms with van der Waals surface area (Å²) in [5.74, 6) is 1.90. The van der Waals surface area contributed by atoms with Crippen molar-refractivity contribution >= 4 is 0 Å². The smallest absolute Gasteiger partial charge is 0.170 e. The Kier molecular flexibility index (Phi) is 7.85. The minimum absolute atomic E-state index is 0.0409. The molecule has 3 aromatic rings. The average Bonchev–Trinajstić information content (AvgIpc) is 2.83. The Morgan fingerprint density at radius 2 is 1.48 bits per heavy atom. The number of hydrogen-bond acceptors (Lipinski definition) is 6. The summed E-state index contributed by atoms with van der Waals surface area (Å²) in [5.41, 5.74) is 4.64. The molecular formula is C27H30O6. The summed E-state index contributed by atoms with van der Waals surface area (Å²) >= 11 is 0. The van der Waals surface area contributed by atoms with E-state index < -0.39 is 0 Å². The molecule has 0 unspecified atom stereocenters. The lowest BCUT2D eigenvalue weighted by Crippen LogP contribution is -1.99. The Labute approximate surface area is 194 Å². The van der Waals surface area contributed by atoms with Gasteiger partial charge in [0.1, 0.15) is 12.4 Å². The van der Waals surface area contributed by atoms with Crippen LogP contribution in [0.3, 0.4) is 0 Å². The Balaban J connectivity index is 2.10. The van der Waals surface area contributed by atoms with Crippen LogP contribution in [-0.4, -0.2) is 38.1 Å². The Morgan fingerprint density at radius 3 is 2.06 bits per heavy atom. The molecule has 0 aromatic heterocycles. The second-order valence-corrected chi connectivity index (χ2v) is 7.70. The third kappa shape index (κ3) is 5.23. The molecule has 3 aromatic carbocycles. The molecule has 0 fully saturated rings. The van der Waals surface area contributed by atoms with E-state index in [2.05, 4.69) is 0 Å². The number of aliphatic hydroxyl groups is 1. The number of phenols is 1. The highest BCUT2D eigenvalue weighted by molar-refractivity contribution is 5.88. The summed E-state index contributed by atoms with van der Waals surface area (Å²) in [4.78, 5) is 0. The third-order valence-electron chi connectivity index (χ3n) is 5.27. The van der Waals surface area contributed by atoms with E-state index in [0.29, 0.717) is 46.3 Å². The number of allylic oxidation sites excluding steroid dienone is 1. The first-order valence-corrected chi connectivity index (χ1v) is 10.6. The zero-order valence-electron chi connectivity index (χ0n) is 19.6. The van der Waals surface area contributed by atoms with Crippen molar-refractivity contribution in [2.45, 2.75) is 20.5 Å². The fraction of sp³-hybridized carbons (Fsp3) is 0.259. The van der Waals surface area contributed by atoms with Gasteiger partial charge in [0.25, 0.3) is 0 Å². The van der Waals surface area contributed by atoms with E-state index in [1.807, 2.05) is 56.3 Å². The monoisotopic (exact) mass is 450 g/mol. The lowest BCUT2D eigenvalue weighted by Gasteiger charge is -2.19. The average molecular weight is 451 g/mol. The van der Waals surface area contributed by atoms with E-state index in [4.69, 9.17) is 18.9 Å². The van der Waals surface area contributed by atoms with Crippen LogP contribution in [0.15, 0.2) is 60.2 Å². The SMILES string of the molecule is COc1cc(-c2c(OC)cc(-c3ccc(CO)cc3)c(OC)c2O)ccc1OCC=C(C)C. The molecule has 0 radical (unpaired) electrons. The molecule has 0 spiro atoms. The lowest BCUT2D eigenvalue weighted by molar-refractivity contribution is 0.282. The summed E-state index contributed by atoms with van der Waals surface area (Å²) in [7, 11) is 4.64. The fourth-order valence-corrected chi connectivity index (χ4v) is 3.52. The van der Waals surface area contributed by atoms with Crippen LogP contribution in [0.4, 0.5) is 0 Å². The molecule has 0 aliphatic heterocycles. The molecule has 2 N–H and O–H groups in total. The van der Waals surface area contributed by atoms with Gasteiger partial charge in [-0.15, -0.1) is 0 Å². The van der Waals surface area contributed by atoms with Gasteiger partial charge in [0.2, 0.25) is 0 Å². The van der Waals surface area contributed by atoms with E-state index in [0.717, 1.165) is 11.1 Å². The molecule has 33 heavy (non-hydrogen) atoms. The summed E-state index contributed by atoms with van der Waals surface area (Å²) < 4.78 is 22.6. The van der Waals surface area contributed by atoms with Crippen LogP contribution in [0, 0.1) is 0 Å². The Bertz CT molecular complexity index is 1130. The first kappa shape index (κ1) is 24.0. The highest BCUT2D eigenvalue weighted by Crippen LogP contribution is 2.50. The van der Waals surface area contributed by atoms with Crippen molar-refractivity contribution in [2.75, 3.05) is 27.9 Å². The van der Waals surface area contributed by atoms with Gasteiger partial charge < -0.3 is 29.2 Å². The number of rotatable bonds is 9. The van der Waals surface area contributed by atoms with Crippen LogP contribution in [0.2, 0.25) is 0 Å². The zero-order valence-corrected chi connectivity index (χ0v) is 19.6. The van der Waals surface area contributed by atoms with Gasteiger partial charge in [-0.3, -0.25) is 0 Å². The maximum absolute atomic E-state index is 11.2. The first-order valence-electron chi connectivity index (χ1n) is 10.6. The second kappa shape index (κ2) is 10.8. The van der Waals surface area contributed by atoms with E-state index in [-0.39, 0.29) is 12.4 Å². The first-order chi connectivity index (χ1) is 15.9. The molecule has 0 atom stereocenters. The molecule has 3 rings (SSSR count). The molecular weight excluding hydrogens is 420 g/mol. The van der Waals surface area contributed by atoms with Crippen molar-refractivity contribution in [1.29, 1.82) is 0 Å². The van der Waals surface area contributed by atoms with E-state index in [1.165, 1.54) is 12.7 Å². The van der Waals surface area contributed by atoms with Crippen molar-refractivity contribution in [3.8, 4) is 51.0 Å². The number of methoxy groups -OCH3 is 3. The molecule has 6 nitrogen and oxygen atoms in total. The molecule has 0 aliphatic rings. The lowest BCUT2D eigenvalue weighted by atomic mass is 9.96. The van der Waals surface area contributed by atoms with Gasteiger partial charge in [-0.05, 0) is 54.8 Å². The molecule has 0 amide bonds. The maximum Gasteiger partial charge on any atom is 0.170 e. The topological polar surface area (TPSA) is 77.4 Å². The van der Waals surface area contributed by atoms with Crippen LogP contribution in [0.25, 0.3) is 22.3 Å². The van der Waals surface area contributed by atoms with Crippen LogP contribution >= 0.6 is 0 Å². The van der Waals surface area contributed by atoms with Crippen molar-refractivity contribution < 1.29 is 29.2 Å². The van der Waals surface area contributed by atoms with Crippen molar-refractivity contribution in [1.82, 2.24) is 0 Å². The van der Waals surface area contributed by atoms with Crippen LogP contribution in [0.1, 0.15) is 19.4 Å². The van der Waals surface area contributed by atoms with Gasteiger partial charge in [-0.1, -0.05) is 35.9 Å². The number of phenolic OH excluding ortho intramolecular Hbond substituents is 1. The predicted octanol–water partition coefficient (Wildman–Crippen LogP) is 5.59. The number of benzene rings is 3. The van der Waals surface area contributed by atoms with Crippen LogP contribution in [0.5, 0.6) is 28.7 Å². The molecule has 0 aliphatic carbocycles. The minimum Gasteiger partial charge on any atom is -0.504 e. The fourth-order valence-electron chi connectivity index (χ4n) is 3.52. The standard InChI is InChI=1S/C27H30O6/c1-17(2)12-13-33-22-11-10-20(14-23(22)30-3)25-24(31-4)15-21(27(32-5)26(25)29)19-8-6-18(16-28)7-9-19/h6-12,14-15,28-29H,13,16H2,1-5H3. The molecule has 0 saturated heterocycles. The highest BCUT2D eigenvalue weighted by Gasteiger charge is 2.22. The molecule has 6 heteroatoms. The van der Waals surface area contributed by atoms with Crippen LogP contribution in [-0.2, 0) is 6.61 Å². The number of aliphatic hydroxyl groups excluding tert-OH is 1. The van der Waals surface area contributed by atoms with Crippen molar-refractivity contribution in [3.63, 3.8) is 0 Å². The summed E-state index contributed by atoms with van der Waals surface area (Å²) in [5, 5.41) is 20.5. The van der Waals surface area contributed by atoms with Gasteiger partial charge in [0, 0.05) is 5.56 Å². The minimum atomic E-state index is -0.0432. The molecule has 0 bridgehead atoms. The van der Waals surface area contributed by atoms with Crippen molar-refractivity contribution in [3.05, 3.63) is 65.7 Å². The second-order valence-electron chi connectivity index (χ2n) is 7.70. The number of hydrogen-bond donors (Lipinski definition) is 2. The summed E-state index contributed by atoms with van der Waals surface area (Å²) in [6, 6.07) is 14.6. The number of aromatic hydroxyl groups is 1. The van der Waals surface area contributed by atoms with Gasteiger partial charge in [0.15, 0.2) is 23.0 Å². The number of ether oxygens (including phenoxy) is 4. The van der Waals surface area contributed by atoms with Crippen molar-refractivity contribution in [2.24, 2.45) is 0 Å². The maximum atomic E-state index is 11.2. The zero-order chi connectivity index (χ0) is 24.0. The highest BCUT2D eigenvalue weighted by atomic mass is 16.5. The quantitative estimate of drug-likeness (QED) is 0.414. The molecule has 174 valence electrons. The molecule has 0 saturated carbocycles. The van der Waals surface area contributed by atoms with E-state index in [9.17, 15) is 10.2 Å². The van der Waals surface area contributed by atoms with E-state index >= 15 is 0 Å². The predicted molar refractivity (Wildman–Crippen MR) is 129 cm³/mol. The molecule has 0 heterocycles. The van der Waals surface area contributed by atoms with E-state index in [1.54, 1.807) is 26.4 Å². The largest absolute Gasteiger partial charge is 0.504 e. The summed E-state index contributed by atoms with van der Waals surface area (Å²) in [6.07, 6.45) is 1.99. The van der Waals surface area contributed by atoms with Gasteiger partial charge >= 0.3 is 0 Å². The normalized spacial score (nSPS) is 10.5. The Morgan fingerprint density at radius 1 is 0.818 bits per heavy atom. The van der Waals surface area contributed by atoms with Gasteiger partial charge in [0.05, 0.1) is 33.5 Å². The third-order valence-corrected chi connectivity index (χ3v) is 5.27.